The average Bonchev–Trinajstić information content (AvgIpc) is 3.71. The van der Waals surface area contributed by atoms with Crippen LogP contribution in [-0.2, 0) is 39.4 Å². The van der Waals surface area contributed by atoms with E-state index >= 15 is 0 Å². The minimum Gasteiger partial charge on any atom is -0.432 e. The second-order valence-electron chi connectivity index (χ2n) is 12.3. The Balaban J connectivity index is 1.30. The molecule has 222 valence electrons. The van der Waals surface area contributed by atoms with Crippen molar-refractivity contribution < 1.29 is 24.2 Å². The van der Waals surface area contributed by atoms with Gasteiger partial charge in [-0.2, -0.15) is 0 Å². The number of rotatable bonds is 9. The zero-order valence-corrected chi connectivity index (χ0v) is 25.4. The molecule has 2 aromatic carbocycles. The van der Waals surface area contributed by atoms with Gasteiger partial charge in [0.15, 0.2) is 13.9 Å². The maximum absolute atomic E-state index is 14.6. The number of amides is 2. The van der Waals surface area contributed by atoms with E-state index in [1.165, 1.54) is 0 Å². The quantitative estimate of drug-likeness (QED) is 0.367. The number of carbonyl (C=O) groups is 2. The highest BCUT2D eigenvalue weighted by atomic mass is 28.4. The number of aliphatic hydroxyl groups excluding tert-OH is 1. The fourth-order valence-corrected chi connectivity index (χ4v) is 9.92. The topological polar surface area (TPSA) is 121 Å². The molecule has 0 radical (unpaired) electrons. The summed E-state index contributed by atoms with van der Waals surface area (Å²) in [6.07, 6.45) is 3.90. The molecule has 2 N–H and O–H groups in total. The second-order valence-corrected chi connectivity index (χ2v) is 16.3. The summed E-state index contributed by atoms with van der Waals surface area (Å²) in [5.74, 6) is -0.233. The van der Waals surface area contributed by atoms with E-state index in [1.807, 2.05) is 79.6 Å². The summed E-state index contributed by atoms with van der Waals surface area (Å²) < 4.78 is 8.63. The summed E-state index contributed by atoms with van der Waals surface area (Å²) in [6, 6.07) is 15.7. The maximum atomic E-state index is 14.6. The van der Waals surface area contributed by atoms with Crippen molar-refractivity contribution in [2.24, 2.45) is 5.92 Å². The summed E-state index contributed by atoms with van der Waals surface area (Å²) in [5.41, 5.74) is 2.79. The van der Waals surface area contributed by atoms with Crippen LogP contribution in [0, 0.1) is 5.92 Å². The first-order valence-corrected chi connectivity index (χ1v) is 17.9. The van der Waals surface area contributed by atoms with Crippen LogP contribution in [0.2, 0.25) is 18.6 Å². The van der Waals surface area contributed by atoms with E-state index in [-0.39, 0.29) is 36.0 Å². The van der Waals surface area contributed by atoms with Crippen LogP contribution in [0.15, 0.2) is 54.7 Å². The summed E-state index contributed by atoms with van der Waals surface area (Å²) in [6.45, 7) is 7.49. The fourth-order valence-electron chi connectivity index (χ4n) is 7.32. The van der Waals surface area contributed by atoms with Gasteiger partial charge in [0.1, 0.15) is 0 Å². The molecule has 10 nitrogen and oxygen atoms in total. The zero-order valence-electron chi connectivity index (χ0n) is 24.4. The normalized spacial score (nSPS) is 25.7. The molecule has 3 aromatic rings. The number of anilines is 2. The molecule has 0 bridgehead atoms. The molecule has 42 heavy (non-hydrogen) atoms. The van der Waals surface area contributed by atoms with Crippen molar-refractivity contribution in [3.8, 4) is 0 Å². The minimum absolute atomic E-state index is 0.00946. The number of aromatic nitrogens is 3. The van der Waals surface area contributed by atoms with Crippen molar-refractivity contribution in [1.82, 2.24) is 15.0 Å². The standard InChI is InChI=1S/C31H39N5O5Si/c1-21-29(42(2,3)40)27(13-16-34-20-23(14-17-37)32-33-34)41-31(21)25-10-4-5-11-26(25)36(30(31)39)19-22-8-6-9-24(18-22)35-15-7-12-28(35)38/h4-6,8-11,18,20-21,27,29,37,40H,7,12-17,19H2,1-3H3/t21-,27+,29-,31+/m1/s1. The SMILES string of the molecule is C[C@@H]1[C@@H]([Si](C)(C)O)[C@H](CCn2cc(CCO)nn2)O[C@@]12C(=O)N(Cc1cccc(N3CCCC3=O)c1)c1ccccc12. The predicted molar refractivity (Wildman–Crippen MR) is 160 cm³/mol. The predicted octanol–water partition coefficient (Wildman–Crippen LogP) is 3.37. The van der Waals surface area contributed by atoms with Gasteiger partial charge in [0.2, 0.25) is 5.91 Å². The van der Waals surface area contributed by atoms with Gasteiger partial charge < -0.3 is 24.4 Å². The van der Waals surface area contributed by atoms with E-state index in [1.54, 1.807) is 9.58 Å². The van der Waals surface area contributed by atoms with Crippen LogP contribution < -0.4 is 9.80 Å². The number of hydrogen-bond donors (Lipinski definition) is 2. The van der Waals surface area contributed by atoms with Crippen LogP contribution in [-0.4, -0.2) is 64.3 Å². The highest BCUT2D eigenvalue weighted by molar-refractivity contribution is 6.71. The summed E-state index contributed by atoms with van der Waals surface area (Å²) >= 11 is 0. The van der Waals surface area contributed by atoms with E-state index < -0.39 is 13.9 Å². The summed E-state index contributed by atoms with van der Waals surface area (Å²) in [7, 11) is -2.78. The highest BCUT2D eigenvalue weighted by Crippen LogP contribution is 2.59. The van der Waals surface area contributed by atoms with Gasteiger partial charge >= 0.3 is 0 Å². The Morgan fingerprint density at radius 2 is 1.95 bits per heavy atom. The third-order valence-electron chi connectivity index (χ3n) is 9.12. The zero-order chi connectivity index (χ0) is 29.6. The van der Waals surface area contributed by atoms with Gasteiger partial charge in [0, 0.05) is 61.4 Å². The smallest absolute Gasteiger partial charge is 0.264 e. The van der Waals surface area contributed by atoms with Gasteiger partial charge in [-0.1, -0.05) is 42.5 Å². The fraction of sp³-hybridized carbons (Fsp3) is 0.484. The van der Waals surface area contributed by atoms with Gasteiger partial charge in [0.25, 0.3) is 5.91 Å². The number of hydrogen-bond acceptors (Lipinski definition) is 7. The lowest BCUT2D eigenvalue weighted by Gasteiger charge is -2.32. The van der Waals surface area contributed by atoms with E-state index in [2.05, 4.69) is 10.3 Å². The molecule has 4 heterocycles. The lowest BCUT2D eigenvalue weighted by molar-refractivity contribution is -0.146. The first kappa shape index (κ1) is 28.7. The monoisotopic (exact) mass is 589 g/mol. The summed E-state index contributed by atoms with van der Waals surface area (Å²) in [4.78, 5) is 42.1. The Bertz CT molecular complexity index is 1490. The molecule has 3 aliphatic rings. The van der Waals surface area contributed by atoms with Gasteiger partial charge in [-0.3, -0.25) is 14.3 Å². The Morgan fingerprint density at radius 3 is 2.69 bits per heavy atom. The molecule has 0 saturated carbocycles. The van der Waals surface area contributed by atoms with Crippen molar-refractivity contribution >= 4 is 31.5 Å². The number of carbonyl (C=O) groups excluding carboxylic acids is 2. The van der Waals surface area contributed by atoms with Gasteiger partial charge in [-0.15, -0.1) is 5.10 Å². The lowest BCUT2D eigenvalue weighted by Crippen LogP contribution is -2.46. The number of aryl methyl sites for hydroxylation is 1. The molecular weight excluding hydrogens is 550 g/mol. The summed E-state index contributed by atoms with van der Waals surface area (Å²) in [5, 5.41) is 17.5. The molecule has 6 rings (SSSR count). The first-order chi connectivity index (χ1) is 20.1. The van der Waals surface area contributed by atoms with Crippen LogP contribution in [0.5, 0.6) is 0 Å². The largest absolute Gasteiger partial charge is 0.432 e. The van der Waals surface area contributed by atoms with Crippen LogP contribution in [0.1, 0.15) is 43.0 Å². The van der Waals surface area contributed by atoms with E-state index in [0.29, 0.717) is 38.9 Å². The Morgan fingerprint density at radius 1 is 1.14 bits per heavy atom. The molecule has 3 aliphatic heterocycles. The third-order valence-corrected chi connectivity index (χ3v) is 11.6. The highest BCUT2D eigenvalue weighted by Gasteiger charge is 2.66. The van der Waals surface area contributed by atoms with Crippen molar-refractivity contribution in [2.75, 3.05) is 23.0 Å². The molecule has 1 aromatic heterocycles. The molecule has 1 spiro atoms. The van der Waals surface area contributed by atoms with E-state index in [9.17, 15) is 19.5 Å². The van der Waals surface area contributed by atoms with Crippen molar-refractivity contribution in [2.45, 2.75) is 76.0 Å². The molecule has 2 saturated heterocycles. The van der Waals surface area contributed by atoms with E-state index in [0.717, 1.165) is 34.6 Å². The molecule has 4 atom stereocenters. The minimum atomic E-state index is -2.78. The number of ether oxygens (including phenoxy) is 1. The molecule has 2 fully saturated rings. The van der Waals surface area contributed by atoms with Gasteiger partial charge in [-0.05, 0) is 49.7 Å². The maximum Gasteiger partial charge on any atom is 0.264 e. The molecule has 2 amide bonds. The lowest BCUT2D eigenvalue weighted by atomic mass is 9.82. The number of para-hydroxylation sites is 1. The van der Waals surface area contributed by atoms with Crippen molar-refractivity contribution in [3.05, 3.63) is 71.5 Å². The molecule has 0 unspecified atom stereocenters. The molecule has 11 heteroatoms. The third kappa shape index (κ3) is 4.87. The van der Waals surface area contributed by atoms with Gasteiger partial charge in [-0.25, -0.2) is 0 Å². The number of fused-ring (bicyclic) bond motifs is 2. The van der Waals surface area contributed by atoms with Crippen molar-refractivity contribution in [3.63, 3.8) is 0 Å². The molecule has 0 aliphatic carbocycles. The Labute approximate surface area is 247 Å². The first-order valence-electron chi connectivity index (χ1n) is 14.8. The second kappa shape index (κ2) is 11.0. The average molecular weight is 590 g/mol. The Hall–Kier alpha value is -3.38. The number of nitrogens with zero attached hydrogens (tertiary/aromatic N) is 5. The van der Waals surface area contributed by atoms with Crippen LogP contribution in [0.3, 0.4) is 0 Å². The number of aliphatic hydroxyl groups is 1. The van der Waals surface area contributed by atoms with Crippen LogP contribution in [0.25, 0.3) is 0 Å². The van der Waals surface area contributed by atoms with Crippen LogP contribution in [0.4, 0.5) is 11.4 Å². The van der Waals surface area contributed by atoms with E-state index in [4.69, 9.17) is 4.74 Å². The number of benzene rings is 2. The molecular formula is C31H39N5O5Si. The Kier molecular flexibility index (Phi) is 7.54. The van der Waals surface area contributed by atoms with Gasteiger partial charge in [0.05, 0.1) is 24.0 Å². The van der Waals surface area contributed by atoms with Crippen LogP contribution >= 0.6 is 0 Å². The van der Waals surface area contributed by atoms with Crippen molar-refractivity contribution in [1.29, 1.82) is 0 Å².